The lowest BCUT2D eigenvalue weighted by atomic mass is 10.2. The largest absolute Gasteiger partial charge is 0.487 e. The van der Waals surface area contributed by atoms with Crippen LogP contribution < -0.4 is 19.5 Å². The van der Waals surface area contributed by atoms with E-state index in [1.54, 1.807) is 12.1 Å². The number of nitrogens with one attached hydrogen (secondary N) is 2. The average molecular weight is 329 g/mol. The second kappa shape index (κ2) is 6.43. The smallest absolute Gasteiger partial charge is 0.271 e. The normalized spacial score (nSPS) is 16.3. The number of ether oxygens (including phenoxy) is 3. The summed E-state index contributed by atoms with van der Waals surface area (Å²) in [5, 5.41) is 9.93. The molecular formula is C17H19N3O4. The van der Waals surface area contributed by atoms with Crippen molar-refractivity contribution in [3.63, 3.8) is 0 Å². The molecule has 126 valence electrons. The van der Waals surface area contributed by atoms with Gasteiger partial charge >= 0.3 is 0 Å². The van der Waals surface area contributed by atoms with Gasteiger partial charge in [-0.3, -0.25) is 9.89 Å². The quantitative estimate of drug-likeness (QED) is 0.880. The monoisotopic (exact) mass is 329 g/mol. The van der Waals surface area contributed by atoms with Crippen molar-refractivity contribution in [3.05, 3.63) is 35.7 Å². The number of H-pyrrole nitrogens is 1. The first-order chi connectivity index (χ1) is 11.8. The number of nitrogens with zero attached hydrogens (tertiary/aromatic N) is 1. The number of hydrogen-bond donors (Lipinski definition) is 2. The van der Waals surface area contributed by atoms with Crippen molar-refractivity contribution in [2.75, 3.05) is 6.79 Å². The van der Waals surface area contributed by atoms with Crippen molar-refractivity contribution in [1.82, 2.24) is 15.5 Å². The standard InChI is InChI=1S/C17H19N3O4/c21-17(18-11-3-1-2-4-11)14-7-12(19-20-14)9-22-13-5-6-15-16(8-13)24-10-23-15/h5-8,11H,1-4,9-10H2,(H,18,21)(H,19,20). The highest BCUT2D eigenvalue weighted by Crippen LogP contribution is 2.35. The average Bonchev–Trinajstić information content (AvgIpc) is 3.33. The number of benzene rings is 1. The van der Waals surface area contributed by atoms with Crippen molar-refractivity contribution in [3.8, 4) is 17.2 Å². The summed E-state index contributed by atoms with van der Waals surface area (Å²) in [5.41, 5.74) is 1.13. The molecule has 1 aromatic heterocycles. The predicted octanol–water partition coefficient (Wildman–Crippen LogP) is 2.39. The van der Waals surface area contributed by atoms with E-state index < -0.39 is 0 Å². The number of aromatic amines is 1. The SMILES string of the molecule is O=C(NC1CCCC1)c1cc(COc2ccc3c(c2)OCO3)[nH]n1. The Morgan fingerprint density at radius 1 is 1.25 bits per heavy atom. The molecule has 1 fully saturated rings. The summed E-state index contributed by atoms with van der Waals surface area (Å²) in [4.78, 5) is 12.2. The van der Waals surface area contributed by atoms with E-state index in [-0.39, 0.29) is 18.7 Å². The molecule has 0 bridgehead atoms. The van der Waals surface area contributed by atoms with Crippen LogP contribution in [0.5, 0.6) is 17.2 Å². The Morgan fingerprint density at radius 3 is 2.96 bits per heavy atom. The maximum absolute atomic E-state index is 12.2. The minimum Gasteiger partial charge on any atom is -0.487 e. The molecule has 2 heterocycles. The third-order valence-corrected chi connectivity index (χ3v) is 4.29. The second-order valence-corrected chi connectivity index (χ2v) is 6.04. The van der Waals surface area contributed by atoms with Crippen LogP contribution in [-0.4, -0.2) is 28.9 Å². The molecule has 7 heteroatoms. The summed E-state index contributed by atoms with van der Waals surface area (Å²) in [6, 6.07) is 7.41. The summed E-state index contributed by atoms with van der Waals surface area (Å²) >= 11 is 0. The highest BCUT2D eigenvalue weighted by Gasteiger charge is 2.19. The van der Waals surface area contributed by atoms with E-state index in [0.29, 0.717) is 23.8 Å². The highest BCUT2D eigenvalue weighted by molar-refractivity contribution is 5.92. The predicted molar refractivity (Wildman–Crippen MR) is 85.2 cm³/mol. The van der Waals surface area contributed by atoms with Crippen LogP contribution in [0, 0.1) is 0 Å². The molecule has 2 aliphatic rings. The molecule has 7 nitrogen and oxygen atoms in total. The van der Waals surface area contributed by atoms with Gasteiger partial charge in [0.05, 0.1) is 5.69 Å². The van der Waals surface area contributed by atoms with Gasteiger partial charge in [-0.15, -0.1) is 0 Å². The van der Waals surface area contributed by atoms with Crippen LogP contribution in [0.25, 0.3) is 0 Å². The third-order valence-electron chi connectivity index (χ3n) is 4.29. The molecule has 2 aromatic rings. The zero-order chi connectivity index (χ0) is 16.4. The minimum atomic E-state index is -0.132. The third kappa shape index (κ3) is 3.15. The van der Waals surface area contributed by atoms with Crippen LogP contribution in [-0.2, 0) is 6.61 Å². The number of carbonyl (C=O) groups is 1. The van der Waals surface area contributed by atoms with Crippen LogP contribution in [0.3, 0.4) is 0 Å². The number of fused-ring (bicyclic) bond motifs is 1. The Labute approximate surface area is 139 Å². The molecule has 0 spiro atoms. The Balaban J connectivity index is 1.34. The van der Waals surface area contributed by atoms with Crippen molar-refractivity contribution >= 4 is 5.91 Å². The summed E-state index contributed by atoms with van der Waals surface area (Å²) in [5.74, 6) is 1.93. The lowest BCUT2D eigenvalue weighted by Gasteiger charge is -2.09. The number of aromatic nitrogens is 2. The molecule has 1 aliphatic carbocycles. The van der Waals surface area contributed by atoms with Gasteiger partial charge in [0.15, 0.2) is 11.5 Å². The first-order valence-corrected chi connectivity index (χ1v) is 8.15. The van der Waals surface area contributed by atoms with Gasteiger partial charge in [-0.25, -0.2) is 0 Å². The molecule has 0 atom stereocenters. The number of carbonyl (C=O) groups excluding carboxylic acids is 1. The highest BCUT2D eigenvalue weighted by atomic mass is 16.7. The van der Waals surface area contributed by atoms with Gasteiger partial charge in [0.2, 0.25) is 6.79 Å². The lowest BCUT2D eigenvalue weighted by Crippen LogP contribution is -2.32. The van der Waals surface area contributed by atoms with Crippen molar-refractivity contribution in [2.24, 2.45) is 0 Å². The second-order valence-electron chi connectivity index (χ2n) is 6.04. The molecular weight excluding hydrogens is 310 g/mol. The fourth-order valence-corrected chi connectivity index (χ4v) is 3.01. The van der Waals surface area contributed by atoms with Gasteiger partial charge < -0.3 is 19.5 Å². The van der Waals surface area contributed by atoms with Gasteiger partial charge in [-0.05, 0) is 31.0 Å². The minimum absolute atomic E-state index is 0.132. The summed E-state index contributed by atoms with van der Waals surface area (Å²) in [7, 11) is 0. The maximum atomic E-state index is 12.2. The Kier molecular flexibility index (Phi) is 3.98. The molecule has 0 saturated heterocycles. The maximum Gasteiger partial charge on any atom is 0.271 e. The Hall–Kier alpha value is -2.70. The summed E-state index contributed by atoms with van der Waals surface area (Å²) < 4.78 is 16.3. The number of amides is 1. The number of rotatable bonds is 5. The molecule has 24 heavy (non-hydrogen) atoms. The molecule has 1 amide bonds. The topological polar surface area (TPSA) is 85.5 Å². The lowest BCUT2D eigenvalue weighted by molar-refractivity contribution is 0.0933. The van der Waals surface area contributed by atoms with Crippen LogP contribution in [0.1, 0.15) is 41.9 Å². The fourth-order valence-electron chi connectivity index (χ4n) is 3.01. The van der Waals surface area contributed by atoms with E-state index in [4.69, 9.17) is 14.2 Å². The van der Waals surface area contributed by atoms with E-state index in [1.165, 1.54) is 12.8 Å². The zero-order valence-corrected chi connectivity index (χ0v) is 13.2. The molecule has 0 radical (unpaired) electrons. The Morgan fingerprint density at radius 2 is 2.08 bits per heavy atom. The van der Waals surface area contributed by atoms with Gasteiger partial charge in [-0.1, -0.05) is 12.8 Å². The Bertz CT molecular complexity index is 737. The fraction of sp³-hybridized carbons (Fsp3) is 0.412. The summed E-state index contributed by atoms with van der Waals surface area (Å²) in [6.07, 6.45) is 4.47. The van der Waals surface area contributed by atoms with Crippen molar-refractivity contribution in [1.29, 1.82) is 0 Å². The van der Waals surface area contributed by atoms with Gasteiger partial charge in [0, 0.05) is 12.1 Å². The van der Waals surface area contributed by atoms with Crippen LogP contribution >= 0.6 is 0 Å². The van der Waals surface area contributed by atoms with Crippen molar-refractivity contribution in [2.45, 2.75) is 38.3 Å². The van der Waals surface area contributed by atoms with Gasteiger partial charge in [0.25, 0.3) is 5.91 Å². The van der Waals surface area contributed by atoms with E-state index in [1.807, 2.05) is 12.1 Å². The van der Waals surface area contributed by atoms with Crippen LogP contribution in [0.4, 0.5) is 0 Å². The van der Waals surface area contributed by atoms with Gasteiger partial charge in [0.1, 0.15) is 18.1 Å². The van der Waals surface area contributed by atoms with Gasteiger partial charge in [-0.2, -0.15) is 5.10 Å². The van der Waals surface area contributed by atoms with Crippen LogP contribution in [0.2, 0.25) is 0 Å². The number of hydrogen-bond acceptors (Lipinski definition) is 5. The molecule has 1 aromatic carbocycles. The van der Waals surface area contributed by atoms with Crippen molar-refractivity contribution < 1.29 is 19.0 Å². The molecule has 1 saturated carbocycles. The molecule has 2 N–H and O–H groups in total. The first kappa shape index (κ1) is 14.9. The molecule has 1 aliphatic heterocycles. The van der Waals surface area contributed by atoms with E-state index in [9.17, 15) is 4.79 Å². The van der Waals surface area contributed by atoms with Crippen LogP contribution in [0.15, 0.2) is 24.3 Å². The molecule has 0 unspecified atom stereocenters. The zero-order valence-electron chi connectivity index (χ0n) is 13.2. The summed E-state index contributed by atoms with van der Waals surface area (Å²) in [6.45, 7) is 0.530. The van der Waals surface area contributed by atoms with E-state index >= 15 is 0 Å². The first-order valence-electron chi connectivity index (χ1n) is 8.15. The van der Waals surface area contributed by atoms with E-state index in [0.717, 1.165) is 24.3 Å². The van der Waals surface area contributed by atoms with E-state index in [2.05, 4.69) is 15.5 Å². The molecule has 4 rings (SSSR count).